The topological polar surface area (TPSA) is 89.1 Å². The Balaban J connectivity index is 1.29. The van der Waals surface area contributed by atoms with Gasteiger partial charge in [0.1, 0.15) is 22.7 Å². The van der Waals surface area contributed by atoms with Crippen molar-refractivity contribution in [3.05, 3.63) is 72.6 Å². The minimum absolute atomic E-state index is 0.213. The number of rotatable bonds is 8. The van der Waals surface area contributed by atoms with Crippen LogP contribution in [0.5, 0.6) is 11.5 Å². The molecule has 0 fully saturated rings. The van der Waals surface area contributed by atoms with Crippen molar-refractivity contribution in [1.29, 1.82) is 0 Å². The largest absolute Gasteiger partial charge is 0.496 e. The van der Waals surface area contributed by atoms with Crippen LogP contribution in [0.1, 0.15) is 16.9 Å². The number of benzene rings is 2. The number of hydrogen-bond donors (Lipinski definition) is 2. The average molecular weight is 402 g/mol. The Morgan fingerprint density at radius 3 is 2.80 bits per heavy atom. The predicted octanol–water partition coefficient (Wildman–Crippen LogP) is 3.83. The SMILES string of the molecule is COc1ccccc1-c1cc(C(=O)NCCCOc2cccc3cccnc23)[nH]n1. The third-order valence-corrected chi connectivity index (χ3v) is 4.67. The quantitative estimate of drug-likeness (QED) is 0.437. The summed E-state index contributed by atoms with van der Waals surface area (Å²) in [5.41, 5.74) is 2.72. The maximum Gasteiger partial charge on any atom is 0.269 e. The minimum atomic E-state index is -0.213. The van der Waals surface area contributed by atoms with E-state index in [1.165, 1.54) is 0 Å². The van der Waals surface area contributed by atoms with Crippen molar-refractivity contribution >= 4 is 16.8 Å². The van der Waals surface area contributed by atoms with E-state index in [0.29, 0.717) is 36.7 Å². The number of carbonyl (C=O) groups excluding carboxylic acids is 1. The molecule has 0 aliphatic rings. The Bertz CT molecular complexity index is 1150. The molecule has 0 spiro atoms. The maximum atomic E-state index is 12.4. The summed E-state index contributed by atoms with van der Waals surface area (Å²) >= 11 is 0. The third kappa shape index (κ3) is 4.25. The number of amides is 1. The van der Waals surface area contributed by atoms with E-state index in [1.807, 2.05) is 54.6 Å². The first-order valence-corrected chi connectivity index (χ1v) is 9.70. The van der Waals surface area contributed by atoms with Crippen LogP contribution >= 0.6 is 0 Å². The smallest absolute Gasteiger partial charge is 0.269 e. The van der Waals surface area contributed by atoms with E-state index in [4.69, 9.17) is 9.47 Å². The predicted molar refractivity (Wildman–Crippen MR) is 115 cm³/mol. The number of methoxy groups -OCH3 is 1. The van der Waals surface area contributed by atoms with Gasteiger partial charge in [0.2, 0.25) is 0 Å². The normalized spacial score (nSPS) is 10.7. The lowest BCUT2D eigenvalue weighted by Gasteiger charge is -2.09. The second-order valence-electron chi connectivity index (χ2n) is 6.66. The first kappa shape index (κ1) is 19.4. The summed E-state index contributed by atoms with van der Waals surface area (Å²) in [5.74, 6) is 1.24. The molecule has 0 radical (unpaired) electrons. The molecule has 2 aromatic carbocycles. The van der Waals surface area contributed by atoms with Gasteiger partial charge < -0.3 is 14.8 Å². The van der Waals surface area contributed by atoms with Crippen LogP contribution in [0.4, 0.5) is 0 Å². The number of para-hydroxylation sites is 2. The lowest BCUT2D eigenvalue weighted by molar-refractivity contribution is 0.0946. The number of H-pyrrole nitrogens is 1. The van der Waals surface area contributed by atoms with Crippen molar-refractivity contribution in [3.8, 4) is 22.8 Å². The van der Waals surface area contributed by atoms with Gasteiger partial charge in [-0.15, -0.1) is 0 Å². The second-order valence-corrected chi connectivity index (χ2v) is 6.66. The van der Waals surface area contributed by atoms with Crippen molar-refractivity contribution in [2.45, 2.75) is 6.42 Å². The summed E-state index contributed by atoms with van der Waals surface area (Å²) in [7, 11) is 1.61. The highest BCUT2D eigenvalue weighted by atomic mass is 16.5. The van der Waals surface area contributed by atoms with E-state index in [0.717, 1.165) is 22.2 Å². The first-order chi connectivity index (χ1) is 14.8. The minimum Gasteiger partial charge on any atom is -0.496 e. The number of fused-ring (bicyclic) bond motifs is 1. The molecule has 30 heavy (non-hydrogen) atoms. The number of aromatic amines is 1. The summed E-state index contributed by atoms with van der Waals surface area (Å²) in [5, 5.41) is 10.9. The molecule has 4 aromatic rings. The number of ether oxygens (including phenoxy) is 2. The average Bonchev–Trinajstić information content (AvgIpc) is 3.29. The Kier molecular flexibility index (Phi) is 5.89. The van der Waals surface area contributed by atoms with Gasteiger partial charge in [-0.1, -0.05) is 30.3 Å². The molecule has 7 nitrogen and oxygen atoms in total. The zero-order valence-corrected chi connectivity index (χ0v) is 16.6. The van der Waals surface area contributed by atoms with E-state index in [2.05, 4.69) is 20.5 Å². The Morgan fingerprint density at radius 2 is 1.90 bits per heavy atom. The Hall–Kier alpha value is -3.87. The lowest BCUT2D eigenvalue weighted by Crippen LogP contribution is -2.25. The van der Waals surface area contributed by atoms with Crippen LogP contribution in [-0.2, 0) is 0 Å². The molecule has 0 aliphatic carbocycles. The van der Waals surface area contributed by atoms with Gasteiger partial charge in [-0.3, -0.25) is 14.9 Å². The van der Waals surface area contributed by atoms with Crippen LogP contribution in [-0.4, -0.2) is 41.3 Å². The molecule has 0 saturated heterocycles. The van der Waals surface area contributed by atoms with Crippen molar-refractivity contribution in [2.24, 2.45) is 0 Å². The molecule has 4 rings (SSSR count). The molecule has 0 unspecified atom stereocenters. The molecule has 0 bridgehead atoms. The molecule has 7 heteroatoms. The zero-order valence-electron chi connectivity index (χ0n) is 16.6. The molecular weight excluding hydrogens is 380 g/mol. The van der Waals surface area contributed by atoms with E-state index in [9.17, 15) is 4.79 Å². The molecule has 0 saturated carbocycles. The lowest BCUT2D eigenvalue weighted by atomic mass is 10.1. The summed E-state index contributed by atoms with van der Waals surface area (Å²) in [6.45, 7) is 0.964. The summed E-state index contributed by atoms with van der Waals surface area (Å²) in [6.07, 6.45) is 2.42. The van der Waals surface area contributed by atoms with Crippen LogP contribution in [0.3, 0.4) is 0 Å². The van der Waals surface area contributed by atoms with Gasteiger partial charge in [-0.25, -0.2) is 0 Å². The fraction of sp³-hybridized carbons (Fsp3) is 0.174. The summed E-state index contributed by atoms with van der Waals surface area (Å²) in [6, 6.07) is 19.0. The molecule has 1 amide bonds. The Morgan fingerprint density at radius 1 is 1.07 bits per heavy atom. The van der Waals surface area contributed by atoms with Crippen LogP contribution in [0, 0.1) is 0 Å². The third-order valence-electron chi connectivity index (χ3n) is 4.67. The number of hydrogen-bond acceptors (Lipinski definition) is 5. The number of nitrogens with zero attached hydrogens (tertiary/aromatic N) is 2. The zero-order chi connectivity index (χ0) is 20.8. The number of aromatic nitrogens is 3. The maximum absolute atomic E-state index is 12.4. The number of nitrogens with one attached hydrogen (secondary N) is 2. The standard InChI is InChI=1S/C23H22N4O3/c1-29-20-10-3-2-9-17(20)18-15-19(27-26-18)23(28)25-13-6-14-30-21-11-4-7-16-8-5-12-24-22(16)21/h2-5,7-12,15H,6,13-14H2,1H3,(H,25,28)(H,26,27). The summed E-state index contributed by atoms with van der Waals surface area (Å²) < 4.78 is 11.2. The van der Waals surface area contributed by atoms with Gasteiger partial charge in [0.15, 0.2) is 0 Å². The molecule has 2 aromatic heterocycles. The second kappa shape index (κ2) is 9.09. The monoisotopic (exact) mass is 402 g/mol. The highest BCUT2D eigenvalue weighted by Crippen LogP contribution is 2.28. The molecule has 0 aliphatic heterocycles. The van der Waals surface area contributed by atoms with E-state index in [-0.39, 0.29) is 5.91 Å². The van der Waals surface area contributed by atoms with Crippen molar-refractivity contribution in [2.75, 3.05) is 20.3 Å². The Labute approximate surface area is 174 Å². The van der Waals surface area contributed by atoms with E-state index in [1.54, 1.807) is 19.4 Å². The van der Waals surface area contributed by atoms with Gasteiger partial charge in [0.25, 0.3) is 5.91 Å². The molecule has 152 valence electrons. The van der Waals surface area contributed by atoms with Gasteiger partial charge in [0, 0.05) is 23.7 Å². The van der Waals surface area contributed by atoms with Gasteiger partial charge in [0.05, 0.1) is 19.4 Å². The van der Waals surface area contributed by atoms with Gasteiger partial charge in [-0.2, -0.15) is 5.10 Å². The van der Waals surface area contributed by atoms with Crippen LogP contribution in [0.25, 0.3) is 22.2 Å². The molecule has 2 heterocycles. The highest BCUT2D eigenvalue weighted by molar-refractivity contribution is 5.93. The van der Waals surface area contributed by atoms with Crippen molar-refractivity contribution in [1.82, 2.24) is 20.5 Å². The highest BCUT2D eigenvalue weighted by Gasteiger charge is 2.13. The fourth-order valence-corrected chi connectivity index (χ4v) is 3.18. The summed E-state index contributed by atoms with van der Waals surface area (Å²) in [4.78, 5) is 16.8. The first-order valence-electron chi connectivity index (χ1n) is 9.70. The van der Waals surface area contributed by atoms with Crippen molar-refractivity contribution < 1.29 is 14.3 Å². The van der Waals surface area contributed by atoms with E-state index >= 15 is 0 Å². The van der Waals surface area contributed by atoms with Gasteiger partial charge >= 0.3 is 0 Å². The van der Waals surface area contributed by atoms with Crippen molar-refractivity contribution in [3.63, 3.8) is 0 Å². The van der Waals surface area contributed by atoms with E-state index < -0.39 is 0 Å². The van der Waals surface area contributed by atoms with Crippen LogP contribution in [0.15, 0.2) is 66.9 Å². The van der Waals surface area contributed by atoms with Gasteiger partial charge in [-0.05, 0) is 36.8 Å². The molecule has 0 atom stereocenters. The fourth-order valence-electron chi connectivity index (χ4n) is 3.18. The molecule has 2 N–H and O–H groups in total. The van der Waals surface area contributed by atoms with Crippen LogP contribution in [0.2, 0.25) is 0 Å². The number of pyridine rings is 1. The molecular formula is C23H22N4O3. The number of carbonyl (C=O) groups is 1. The van der Waals surface area contributed by atoms with Crippen LogP contribution < -0.4 is 14.8 Å².